The zero-order valence-corrected chi connectivity index (χ0v) is 18.2. The second kappa shape index (κ2) is 12.1. The Bertz CT molecular complexity index is 765. The third-order valence-electron chi connectivity index (χ3n) is 4.64. The summed E-state index contributed by atoms with van der Waals surface area (Å²) in [6.45, 7) is 8.39. The molecule has 1 aromatic rings. The van der Waals surface area contributed by atoms with E-state index in [0.717, 1.165) is 52.2 Å². The lowest BCUT2D eigenvalue weighted by molar-refractivity contribution is 0.0372. The van der Waals surface area contributed by atoms with Gasteiger partial charge in [-0.15, -0.1) is 0 Å². The van der Waals surface area contributed by atoms with Crippen LogP contribution in [-0.2, 0) is 26.9 Å². The molecule has 7 nitrogen and oxygen atoms in total. The van der Waals surface area contributed by atoms with Gasteiger partial charge >= 0.3 is 0 Å². The molecule has 0 unspecified atom stereocenters. The fourth-order valence-corrected chi connectivity index (χ4v) is 4.01. The Morgan fingerprint density at radius 3 is 2.66 bits per heavy atom. The number of nitrogens with zero attached hydrogens (tertiary/aromatic N) is 2. The number of morpholine rings is 1. The maximum absolute atomic E-state index is 13.7. The van der Waals surface area contributed by atoms with Gasteiger partial charge in [0.1, 0.15) is 5.82 Å². The van der Waals surface area contributed by atoms with E-state index in [-0.39, 0.29) is 12.3 Å². The SMILES string of the molecule is CCNC(=NCc1cc(F)ccc1CS(C)(=O)=O)NCCCCN1CCOCC1. The molecule has 0 bridgehead atoms. The molecule has 0 spiro atoms. The Morgan fingerprint density at radius 1 is 1.21 bits per heavy atom. The standard InChI is InChI=1S/C20H33FN4O3S/c1-3-22-20(23-8-4-5-9-25-10-12-28-13-11-25)24-15-18-14-19(21)7-6-17(18)16-29(2,26)27/h6-7,14H,3-5,8-13,15-16H2,1-2H3,(H2,22,23,24). The van der Waals surface area contributed by atoms with E-state index in [9.17, 15) is 12.8 Å². The van der Waals surface area contributed by atoms with Crippen LogP contribution in [0.3, 0.4) is 0 Å². The molecule has 29 heavy (non-hydrogen) atoms. The fraction of sp³-hybridized carbons (Fsp3) is 0.650. The molecular weight excluding hydrogens is 395 g/mol. The maximum Gasteiger partial charge on any atom is 0.191 e. The summed E-state index contributed by atoms with van der Waals surface area (Å²) in [5.74, 6) is 0.130. The summed E-state index contributed by atoms with van der Waals surface area (Å²) in [6, 6.07) is 4.16. The van der Waals surface area contributed by atoms with E-state index in [2.05, 4.69) is 20.5 Å². The highest BCUT2D eigenvalue weighted by molar-refractivity contribution is 7.89. The van der Waals surface area contributed by atoms with Gasteiger partial charge < -0.3 is 15.4 Å². The maximum atomic E-state index is 13.7. The van der Waals surface area contributed by atoms with Gasteiger partial charge in [-0.05, 0) is 49.6 Å². The van der Waals surface area contributed by atoms with Crippen molar-refractivity contribution >= 4 is 15.8 Å². The first-order valence-electron chi connectivity index (χ1n) is 10.1. The van der Waals surface area contributed by atoms with Crippen LogP contribution in [0.25, 0.3) is 0 Å². The smallest absolute Gasteiger partial charge is 0.191 e. The largest absolute Gasteiger partial charge is 0.379 e. The average molecular weight is 429 g/mol. The minimum Gasteiger partial charge on any atom is -0.379 e. The van der Waals surface area contributed by atoms with Crippen molar-refractivity contribution in [3.63, 3.8) is 0 Å². The van der Waals surface area contributed by atoms with E-state index >= 15 is 0 Å². The van der Waals surface area contributed by atoms with E-state index in [4.69, 9.17) is 4.74 Å². The molecule has 1 aliphatic heterocycles. The minimum absolute atomic E-state index is 0.121. The summed E-state index contributed by atoms with van der Waals surface area (Å²) < 4.78 is 42.3. The number of sulfone groups is 1. The summed E-state index contributed by atoms with van der Waals surface area (Å²) in [5, 5.41) is 6.47. The molecule has 2 N–H and O–H groups in total. The van der Waals surface area contributed by atoms with Crippen LogP contribution in [0, 0.1) is 5.82 Å². The highest BCUT2D eigenvalue weighted by Crippen LogP contribution is 2.15. The van der Waals surface area contributed by atoms with Crippen LogP contribution in [-0.4, -0.2) is 71.5 Å². The van der Waals surface area contributed by atoms with Crippen LogP contribution in [0.2, 0.25) is 0 Å². The van der Waals surface area contributed by atoms with Crippen molar-refractivity contribution in [1.82, 2.24) is 15.5 Å². The molecule has 0 saturated carbocycles. The van der Waals surface area contributed by atoms with Crippen molar-refractivity contribution in [1.29, 1.82) is 0 Å². The first-order valence-corrected chi connectivity index (χ1v) is 12.2. The molecule has 0 radical (unpaired) electrons. The van der Waals surface area contributed by atoms with Gasteiger partial charge in [-0.25, -0.2) is 17.8 Å². The van der Waals surface area contributed by atoms with E-state index in [1.165, 1.54) is 24.5 Å². The predicted molar refractivity (Wildman–Crippen MR) is 114 cm³/mol. The number of guanidine groups is 1. The molecule has 1 heterocycles. The van der Waals surface area contributed by atoms with Crippen LogP contribution in [0.4, 0.5) is 4.39 Å². The molecule has 164 valence electrons. The Labute approximate surface area is 173 Å². The molecule has 1 saturated heterocycles. The van der Waals surface area contributed by atoms with Crippen molar-refractivity contribution in [2.75, 3.05) is 52.2 Å². The van der Waals surface area contributed by atoms with Gasteiger partial charge in [-0.1, -0.05) is 6.07 Å². The van der Waals surface area contributed by atoms with Gasteiger partial charge in [0.15, 0.2) is 15.8 Å². The lowest BCUT2D eigenvalue weighted by Crippen LogP contribution is -2.39. The van der Waals surface area contributed by atoms with Crippen LogP contribution < -0.4 is 10.6 Å². The Kier molecular flexibility index (Phi) is 9.83. The zero-order chi connectivity index (χ0) is 21.1. The van der Waals surface area contributed by atoms with Crippen LogP contribution in [0.1, 0.15) is 30.9 Å². The van der Waals surface area contributed by atoms with Gasteiger partial charge in [0, 0.05) is 32.4 Å². The number of hydrogen-bond acceptors (Lipinski definition) is 5. The quantitative estimate of drug-likeness (QED) is 0.334. The second-order valence-corrected chi connectivity index (χ2v) is 9.41. The highest BCUT2D eigenvalue weighted by atomic mass is 32.2. The first kappa shape index (κ1) is 23.6. The van der Waals surface area contributed by atoms with Crippen LogP contribution in [0.15, 0.2) is 23.2 Å². The molecule has 9 heteroatoms. The molecule has 1 fully saturated rings. The third kappa shape index (κ3) is 9.56. The van der Waals surface area contributed by atoms with Crippen molar-refractivity contribution < 1.29 is 17.5 Å². The number of benzene rings is 1. The number of aliphatic imine (C=N–C) groups is 1. The topological polar surface area (TPSA) is 83.0 Å². The van der Waals surface area contributed by atoms with E-state index < -0.39 is 15.7 Å². The number of unbranched alkanes of at least 4 members (excludes halogenated alkanes) is 1. The van der Waals surface area contributed by atoms with E-state index in [1.807, 2.05) is 6.92 Å². The lowest BCUT2D eigenvalue weighted by atomic mass is 10.1. The monoisotopic (exact) mass is 428 g/mol. The minimum atomic E-state index is -3.21. The van der Waals surface area contributed by atoms with Crippen molar-refractivity contribution in [3.05, 3.63) is 35.1 Å². The summed E-state index contributed by atoms with van der Waals surface area (Å²) in [7, 11) is -3.21. The molecule has 0 atom stereocenters. The molecule has 0 aromatic heterocycles. The number of halogens is 1. The van der Waals surface area contributed by atoms with Crippen molar-refractivity contribution in [2.24, 2.45) is 4.99 Å². The van der Waals surface area contributed by atoms with Crippen LogP contribution >= 0.6 is 0 Å². The lowest BCUT2D eigenvalue weighted by Gasteiger charge is -2.26. The first-order chi connectivity index (χ1) is 13.9. The second-order valence-electron chi connectivity index (χ2n) is 7.27. The molecule has 1 aromatic carbocycles. The molecular formula is C20H33FN4O3S. The summed E-state index contributed by atoms with van der Waals surface area (Å²) in [6.07, 6.45) is 3.28. The molecule has 1 aliphatic rings. The zero-order valence-electron chi connectivity index (χ0n) is 17.4. The van der Waals surface area contributed by atoms with Gasteiger partial charge in [-0.2, -0.15) is 0 Å². The van der Waals surface area contributed by atoms with E-state index in [1.54, 1.807) is 0 Å². The van der Waals surface area contributed by atoms with Gasteiger partial charge in [0.2, 0.25) is 0 Å². The number of hydrogen-bond donors (Lipinski definition) is 2. The highest BCUT2D eigenvalue weighted by Gasteiger charge is 2.11. The van der Waals surface area contributed by atoms with Gasteiger partial charge in [0.25, 0.3) is 0 Å². The number of nitrogens with one attached hydrogen (secondary N) is 2. The van der Waals surface area contributed by atoms with Crippen LogP contribution in [0.5, 0.6) is 0 Å². The third-order valence-corrected chi connectivity index (χ3v) is 5.47. The number of rotatable bonds is 10. The number of ether oxygens (including phenoxy) is 1. The summed E-state index contributed by atoms with van der Waals surface area (Å²) in [4.78, 5) is 6.92. The average Bonchev–Trinajstić information content (AvgIpc) is 2.67. The molecule has 0 amide bonds. The van der Waals surface area contributed by atoms with E-state index in [0.29, 0.717) is 23.6 Å². The molecule has 2 rings (SSSR count). The van der Waals surface area contributed by atoms with Crippen molar-refractivity contribution in [3.8, 4) is 0 Å². The summed E-state index contributed by atoms with van der Waals surface area (Å²) in [5.41, 5.74) is 1.17. The predicted octanol–water partition coefficient (Wildman–Crippen LogP) is 1.54. The fourth-order valence-electron chi connectivity index (χ4n) is 3.16. The van der Waals surface area contributed by atoms with Gasteiger partial charge in [0.05, 0.1) is 25.5 Å². The summed E-state index contributed by atoms with van der Waals surface area (Å²) >= 11 is 0. The Morgan fingerprint density at radius 2 is 1.97 bits per heavy atom. The Hall–Kier alpha value is -1.71. The normalized spacial score (nSPS) is 16.0. The van der Waals surface area contributed by atoms with Gasteiger partial charge in [-0.3, -0.25) is 4.90 Å². The molecule has 0 aliphatic carbocycles. The van der Waals surface area contributed by atoms with Crippen molar-refractivity contribution in [2.45, 2.75) is 32.1 Å². The Balaban J connectivity index is 1.87.